The molecule has 0 amide bonds. The van der Waals surface area contributed by atoms with Crippen molar-refractivity contribution >= 4 is 10.1 Å². The lowest BCUT2D eigenvalue weighted by molar-refractivity contribution is 0.438. The van der Waals surface area contributed by atoms with Crippen LogP contribution in [-0.4, -0.2) is 22.9 Å². The Balaban J connectivity index is 0.000000204. The van der Waals surface area contributed by atoms with E-state index < -0.39 is 10.1 Å². The van der Waals surface area contributed by atoms with Crippen molar-refractivity contribution in [2.45, 2.75) is 11.8 Å². The summed E-state index contributed by atoms with van der Waals surface area (Å²) in [6, 6.07) is 13.7. The molecule has 106 valence electrons. The van der Waals surface area contributed by atoms with E-state index in [1.165, 1.54) is 24.3 Å². The molecule has 20 heavy (non-hydrogen) atoms. The van der Waals surface area contributed by atoms with Gasteiger partial charge in [-0.05, 0) is 25.1 Å². The number of hydrogen-bond acceptors (Lipinski definition) is 4. The zero-order chi connectivity index (χ0) is 15.2. The molecule has 0 bridgehead atoms. The minimum atomic E-state index is -4.27. The van der Waals surface area contributed by atoms with Crippen molar-refractivity contribution in [3.05, 3.63) is 65.6 Å². The third-order valence-corrected chi connectivity index (χ3v) is 3.15. The van der Waals surface area contributed by atoms with Crippen molar-refractivity contribution in [3.63, 3.8) is 0 Å². The van der Waals surface area contributed by atoms with E-state index in [1.54, 1.807) is 30.3 Å². The number of hydrogen-bond donors (Lipinski definition) is 1. The van der Waals surface area contributed by atoms with Crippen molar-refractivity contribution in [3.8, 4) is 5.75 Å². The monoisotopic (exact) mass is 294 g/mol. The Kier molecular flexibility index (Phi) is 5.42. The van der Waals surface area contributed by atoms with Gasteiger partial charge in [0.15, 0.2) is 0 Å². The second kappa shape index (κ2) is 6.83. The van der Waals surface area contributed by atoms with Gasteiger partial charge in [-0.15, -0.1) is 0 Å². The maximum Gasteiger partial charge on any atom is 0.381 e. The Morgan fingerprint density at radius 1 is 1.00 bits per heavy atom. The largest absolute Gasteiger partial charge is 0.744 e. The molecule has 0 aliphatic rings. The third kappa shape index (κ3) is 5.21. The van der Waals surface area contributed by atoms with Crippen LogP contribution in [0.1, 0.15) is 5.56 Å². The Morgan fingerprint density at radius 2 is 1.55 bits per heavy atom. The van der Waals surface area contributed by atoms with Gasteiger partial charge in [0.1, 0.15) is 10.1 Å². The lowest BCUT2D eigenvalue weighted by atomic mass is 10.2. The average Bonchev–Trinajstić information content (AvgIpc) is 2.55. The fourth-order valence-electron chi connectivity index (χ4n) is 1.23. The van der Waals surface area contributed by atoms with Gasteiger partial charge in [-0.3, -0.25) is 4.79 Å². The van der Waals surface area contributed by atoms with Gasteiger partial charge in [0.2, 0.25) is 5.75 Å². The summed E-state index contributed by atoms with van der Waals surface area (Å²) in [5, 5.41) is 8.83. The summed E-state index contributed by atoms with van der Waals surface area (Å²) >= 11 is 0. The van der Waals surface area contributed by atoms with Crippen LogP contribution in [0.5, 0.6) is 5.75 Å². The molecule has 2 aromatic rings. The Morgan fingerprint density at radius 3 is 2.10 bits per heavy atom. The first kappa shape index (κ1) is 15.9. The summed E-state index contributed by atoms with van der Waals surface area (Å²) in [6.07, 6.45) is 0. The molecule has 2 aromatic carbocycles. The molecular weight excluding hydrogens is 280 g/mol. The Hall–Kier alpha value is -2.18. The van der Waals surface area contributed by atoms with Crippen molar-refractivity contribution < 1.29 is 22.9 Å². The Bertz CT molecular complexity index is 721. The number of aromatic hydroxyl groups is 1. The SMILES string of the molecule is Cc1ccc(S(=O)(=O)[O-])cc1.Oc1cccccc1=[OH+]. The molecular formula is C14H14O5S. The van der Waals surface area contributed by atoms with Crippen LogP contribution >= 0.6 is 0 Å². The summed E-state index contributed by atoms with van der Waals surface area (Å²) in [5.41, 5.74) is 0.831. The normalized spacial score (nSPS) is 10.3. The van der Waals surface area contributed by atoms with Gasteiger partial charge in [-0.1, -0.05) is 35.9 Å². The van der Waals surface area contributed by atoms with Crippen LogP contribution in [0.25, 0.3) is 0 Å². The van der Waals surface area contributed by atoms with E-state index in [9.17, 15) is 13.0 Å². The van der Waals surface area contributed by atoms with Crippen molar-refractivity contribution in [2.75, 3.05) is 0 Å². The molecule has 0 unspecified atom stereocenters. The maximum absolute atomic E-state index is 10.4. The highest BCUT2D eigenvalue weighted by molar-refractivity contribution is 7.85. The van der Waals surface area contributed by atoms with Crippen LogP contribution in [0.2, 0.25) is 0 Å². The van der Waals surface area contributed by atoms with Gasteiger partial charge in [0.25, 0.3) is 0 Å². The molecule has 0 saturated heterocycles. The Labute approximate surface area is 116 Å². The van der Waals surface area contributed by atoms with E-state index in [1.807, 2.05) is 6.92 Å². The molecule has 2 N–H and O–H groups in total. The second-order valence-electron chi connectivity index (χ2n) is 3.95. The van der Waals surface area contributed by atoms with Crippen molar-refractivity contribution in [2.24, 2.45) is 0 Å². The summed E-state index contributed by atoms with van der Waals surface area (Å²) in [4.78, 5) is 8.65. The van der Waals surface area contributed by atoms with Crippen LogP contribution < -0.4 is 5.43 Å². The summed E-state index contributed by atoms with van der Waals surface area (Å²) in [6.45, 7) is 1.82. The number of benzene rings is 1. The van der Waals surface area contributed by atoms with Crippen LogP contribution in [-0.2, 0) is 10.1 Å². The molecule has 0 aromatic heterocycles. The van der Waals surface area contributed by atoms with Gasteiger partial charge < -0.3 is 9.66 Å². The highest BCUT2D eigenvalue weighted by Crippen LogP contribution is 2.08. The van der Waals surface area contributed by atoms with Crippen LogP contribution in [0.15, 0.2) is 59.5 Å². The van der Waals surface area contributed by atoms with Crippen LogP contribution in [0.3, 0.4) is 0 Å². The zero-order valence-electron chi connectivity index (χ0n) is 10.7. The topological polar surface area (TPSA) is 98.8 Å². The smallest absolute Gasteiger partial charge is 0.381 e. The summed E-state index contributed by atoms with van der Waals surface area (Å²) in [7, 11) is -4.27. The fraction of sp³-hybridized carbons (Fsp3) is 0.0714. The van der Waals surface area contributed by atoms with E-state index in [-0.39, 0.29) is 16.1 Å². The van der Waals surface area contributed by atoms with E-state index >= 15 is 0 Å². The lowest BCUT2D eigenvalue weighted by Crippen LogP contribution is -1.97. The first-order valence-corrected chi connectivity index (χ1v) is 7.04. The number of rotatable bonds is 1. The quantitative estimate of drug-likeness (QED) is 0.633. The molecule has 0 saturated carbocycles. The fourth-order valence-corrected chi connectivity index (χ4v) is 1.70. The summed E-state index contributed by atoms with van der Waals surface area (Å²) in [5.74, 6) is -0.0972. The summed E-state index contributed by atoms with van der Waals surface area (Å²) < 4.78 is 31.2. The van der Waals surface area contributed by atoms with E-state index in [4.69, 9.17) is 9.90 Å². The zero-order valence-corrected chi connectivity index (χ0v) is 11.5. The maximum atomic E-state index is 10.4. The number of aryl methyl sites for hydroxylation is 1. The molecule has 0 radical (unpaired) electrons. The minimum absolute atomic E-state index is 0.0972. The van der Waals surface area contributed by atoms with Gasteiger partial charge in [-0.25, -0.2) is 8.42 Å². The van der Waals surface area contributed by atoms with Crippen molar-refractivity contribution in [1.29, 1.82) is 0 Å². The first-order valence-electron chi connectivity index (χ1n) is 5.63. The van der Waals surface area contributed by atoms with Crippen molar-refractivity contribution in [1.82, 2.24) is 0 Å². The average molecular weight is 294 g/mol. The van der Waals surface area contributed by atoms with Crippen LogP contribution in [0, 0.1) is 6.92 Å². The molecule has 0 heterocycles. The standard InChI is InChI=1S/C7H8O3S.C7H6O2/c1-6-2-4-7(5-3-6)11(8,9)10;8-6-4-2-1-3-5-7(6)9/h2-5H,1H3,(H,8,9,10);1-5H,(H,8,9). The molecule has 5 nitrogen and oxygen atoms in total. The molecule has 0 fully saturated rings. The van der Waals surface area contributed by atoms with E-state index in [2.05, 4.69) is 0 Å². The lowest BCUT2D eigenvalue weighted by Gasteiger charge is -2.05. The molecule has 0 atom stereocenters. The predicted molar refractivity (Wildman–Crippen MR) is 72.3 cm³/mol. The molecule has 6 heteroatoms. The van der Waals surface area contributed by atoms with Gasteiger partial charge in [0, 0.05) is 6.07 Å². The third-order valence-electron chi connectivity index (χ3n) is 2.30. The van der Waals surface area contributed by atoms with Crippen LogP contribution in [0.4, 0.5) is 0 Å². The minimum Gasteiger partial charge on any atom is -0.744 e. The first-order chi connectivity index (χ1) is 9.30. The van der Waals surface area contributed by atoms with E-state index in [0.29, 0.717) is 0 Å². The van der Waals surface area contributed by atoms with Gasteiger partial charge in [0.05, 0.1) is 4.90 Å². The van der Waals surface area contributed by atoms with Gasteiger partial charge >= 0.3 is 5.43 Å². The second-order valence-corrected chi connectivity index (χ2v) is 5.33. The van der Waals surface area contributed by atoms with Gasteiger partial charge in [-0.2, -0.15) is 0 Å². The highest BCUT2D eigenvalue weighted by atomic mass is 32.2. The molecule has 2 rings (SSSR count). The molecule has 0 aliphatic carbocycles. The van der Waals surface area contributed by atoms with E-state index in [0.717, 1.165) is 5.56 Å². The molecule has 0 aliphatic heterocycles. The molecule has 0 spiro atoms. The predicted octanol–water partition coefficient (Wildman–Crippen LogP) is 1.30. The highest BCUT2D eigenvalue weighted by Gasteiger charge is 1.97.